The summed E-state index contributed by atoms with van der Waals surface area (Å²) in [6.07, 6.45) is 2.92. The Kier molecular flexibility index (Phi) is 5.78. The zero-order valence-corrected chi connectivity index (χ0v) is 10.6. The van der Waals surface area contributed by atoms with Gasteiger partial charge in [0.2, 0.25) is 0 Å². The molecule has 1 aromatic carbocycles. The van der Waals surface area contributed by atoms with Crippen molar-refractivity contribution in [3.63, 3.8) is 0 Å². The van der Waals surface area contributed by atoms with Crippen LogP contribution in [0.5, 0.6) is 0 Å². The van der Waals surface area contributed by atoms with Crippen molar-refractivity contribution in [3.05, 3.63) is 34.6 Å². The number of hydrogen-bond acceptors (Lipinski definition) is 1. The molecule has 16 heavy (non-hydrogen) atoms. The van der Waals surface area contributed by atoms with Gasteiger partial charge in [0, 0.05) is 11.1 Å². The molecule has 1 unspecified atom stereocenters. The van der Waals surface area contributed by atoms with E-state index in [1.54, 1.807) is 6.07 Å². The highest BCUT2D eigenvalue weighted by molar-refractivity contribution is 6.31. The highest BCUT2D eigenvalue weighted by Crippen LogP contribution is 2.19. The van der Waals surface area contributed by atoms with E-state index < -0.39 is 0 Å². The van der Waals surface area contributed by atoms with Gasteiger partial charge in [-0.25, -0.2) is 4.39 Å². The van der Waals surface area contributed by atoms with Crippen molar-refractivity contribution in [2.24, 2.45) is 0 Å². The van der Waals surface area contributed by atoms with E-state index in [2.05, 4.69) is 19.2 Å². The summed E-state index contributed by atoms with van der Waals surface area (Å²) in [5.41, 5.74) is 0.895. The second-order valence-electron chi connectivity index (χ2n) is 4.13. The number of halogens is 2. The minimum absolute atomic E-state index is 0.214. The lowest BCUT2D eigenvalue weighted by molar-refractivity contribution is 0.513. The first-order valence-electron chi connectivity index (χ1n) is 5.80. The highest BCUT2D eigenvalue weighted by atomic mass is 35.5. The Morgan fingerprint density at radius 1 is 1.44 bits per heavy atom. The van der Waals surface area contributed by atoms with Gasteiger partial charge < -0.3 is 5.32 Å². The lowest BCUT2D eigenvalue weighted by Crippen LogP contribution is -2.27. The summed E-state index contributed by atoms with van der Waals surface area (Å²) in [6.45, 7) is 5.31. The van der Waals surface area contributed by atoms with Crippen LogP contribution in [0.2, 0.25) is 5.02 Å². The van der Waals surface area contributed by atoms with E-state index in [4.69, 9.17) is 11.6 Å². The summed E-state index contributed by atoms with van der Waals surface area (Å²) in [6, 6.07) is 4.98. The quantitative estimate of drug-likeness (QED) is 0.802. The summed E-state index contributed by atoms with van der Waals surface area (Å²) in [7, 11) is 0. The molecule has 1 atom stereocenters. The average Bonchev–Trinajstić information content (AvgIpc) is 2.27. The van der Waals surface area contributed by atoms with Crippen LogP contribution in [0.4, 0.5) is 4.39 Å². The molecule has 0 aliphatic carbocycles. The van der Waals surface area contributed by atoms with Crippen molar-refractivity contribution in [2.75, 3.05) is 6.54 Å². The molecule has 1 nitrogen and oxygen atoms in total. The van der Waals surface area contributed by atoms with Gasteiger partial charge in [-0.1, -0.05) is 18.5 Å². The van der Waals surface area contributed by atoms with Gasteiger partial charge in [-0.15, -0.1) is 0 Å². The fraction of sp³-hybridized carbons (Fsp3) is 0.538. The Morgan fingerprint density at radius 3 is 2.88 bits per heavy atom. The third kappa shape index (κ3) is 4.50. The van der Waals surface area contributed by atoms with Crippen molar-refractivity contribution < 1.29 is 4.39 Å². The van der Waals surface area contributed by atoms with Crippen LogP contribution in [-0.2, 0) is 6.42 Å². The van der Waals surface area contributed by atoms with Gasteiger partial charge in [-0.2, -0.15) is 0 Å². The highest BCUT2D eigenvalue weighted by Gasteiger charge is 2.05. The standard InChI is InChI=1S/C13H19ClFN/c1-3-8-16-10(2)4-5-11-9-12(15)6-7-13(11)14/h6-7,9-10,16H,3-5,8H2,1-2H3. The Labute approximate surface area is 102 Å². The minimum Gasteiger partial charge on any atom is -0.314 e. The third-order valence-electron chi connectivity index (χ3n) is 2.60. The van der Waals surface area contributed by atoms with Crippen molar-refractivity contribution >= 4 is 11.6 Å². The van der Waals surface area contributed by atoms with Gasteiger partial charge in [0.15, 0.2) is 0 Å². The number of rotatable bonds is 6. The van der Waals surface area contributed by atoms with E-state index in [0.717, 1.165) is 31.4 Å². The van der Waals surface area contributed by atoms with Crippen LogP contribution in [-0.4, -0.2) is 12.6 Å². The van der Waals surface area contributed by atoms with Crippen LogP contribution in [0.15, 0.2) is 18.2 Å². The topological polar surface area (TPSA) is 12.0 Å². The molecule has 0 amide bonds. The number of nitrogens with one attached hydrogen (secondary N) is 1. The van der Waals surface area contributed by atoms with E-state index in [9.17, 15) is 4.39 Å². The molecule has 0 spiro atoms. The van der Waals surface area contributed by atoms with Crippen LogP contribution in [0, 0.1) is 5.82 Å². The van der Waals surface area contributed by atoms with Gasteiger partial charge in [0.1, 0.15) is 5.82 Å². The first-order chi connectivity index (χ1) is 7.63. The summed E-state index contributed by atoms with van der Waals surface area (Å²) in [5, 5.41) is 4.06. The lowest BCUT2D eigenvalue weighted by atomic mass is 10.1. The first kappa shape index (κ1) is 13.5. The summed E-state index contributed by atoms with van der Waals surface area (Å²) < 4.78 is 13.0. The van der Waals surface area contributed by atoms with Gasteiger partial charge in [0.05, 0.1) is 0 Å². The zero-order valence-electron chi connectivity index (χ0n) is 9.89. The zero-order chi connectivity index (χ0) is 12.0. The predicted octanol–water partition coefficient (Wildman–Crippen LogP) is 3.80. The number of aryl methyl sites for hydroxylation is 1. The fourth-order valence-corrected chi connectivity index (χ4v) is 1.81. The second kappa shape index (κ2) is 6.87. The molecule has 0 aliphatic heterocycles. The molecule has 0 heterocycles. The molecule has 1 aromatic rings. The van der Waals surface area contributed by atoms with Crippen LogP contribution < -0.4 is 5.32 Å². The molecule has 0 aliphatic rings. The lowest BCUT2D eigenvalue weighted by Gasteiger charge is -2.13. The van der Waals surface area contributed by atoms with E-state index in [0.29, 0.717) is 11.1 Å². The van der Waals surface area contributed by atoms with Crippen molar-refractivity contribution in [1.82, 2.24) is 5.32 Å². The van der Waals surface area contributed by atoms with E-state index in [-0.39, 0.29) is 5.82 Å². The molecule has 0 aromatic heterocycles. The SMILES string of the molecule is CCCNC(C)CCc1cc(F)ccc1Cl. The van der Waals surface area contributed by atoms with Crippen LogP contribution >= 0.6 is 11.6 Å². The minimum atomic E-state index is -0.214. The summed E-state index contributed by atoms with van der Waals surface area (Å²) in [5.74, 6) is -0.214. The van der Waals surface area contributed by atoms with E-state index in [1.807, 2.05) is 0 Å². The molecule has 0 saturated carbocycles. The molecular weight excluding hydrogens is 225 g/mol. The molecule has 0 bridgehead atoms. The fourth-order valence-electron chi connectivity index (χ4n) is 1.60. The van der Waals surface area contributed by atoms with Crippen molar-refractivity contribution in [1.29, 1.82) is 0 Å². The Morgan fingerprint density at radius 2 is 2.19 bits per heavy atom. The number of benzene rings is 1. The first-order valence-corrected chi connectivity index (χ1v) is 6.18. The molecular formula is C13H19ClFN. The molecule has 0 radical (unpaired) electrons. The maximum atomic E-state index is 13.0. The molecule has 0 fully saturated rings. The predicted molar refractivity (Wildman–Crippen MR) is 67.5 cm³/mol. The molecule has 1 N–H and O–H groups in total. The van der Waals surface area contributed by atoms with Gasteiger partial charge >= 0.3 is 0 Å². The average molecular weight is 244 g/mol. The molecule has 90 valence electrons. The monoisotopic (exact) mass is 243 g/mol. The van der Waals surface area contributed by atoms with Crippen LogP contribution in [0.25, 0.3) is 0 Å². The summed E-state index contributed by atoms with van der Waals surface area (Å²) >= 11 is 6.00. The van der Waals surface area contributed by atoms with Gasteiger partial charge in [0.25, 0.3) is 0 Å². The summed E-state index contributed by atoms with van der Waals surface area (Å²) in [4.78, 5) is 0. The van der Waals surface area contributed by atoms with E-state index >= 15 is 0 Å². The Hall–Kier alpha value is -0.600. The third-order valence-corrected chi connectivity index (χ3v) is 2.97. The molecule has 3 heteroatoms. The molecule has 0 saturated heterocycles. The maximum absolute atomic E-state index is 13.0. The second-order valence-corrected chi connectivity index (χ2v) is 4.54. The van der Waals surface area contributed by atoms with Crippen LogP contribution in [0.3, 0.4) is 0 Å². The van der Waals surface area contributed by atoms with Gasteiger partial charge in [-0.3, -0.25) is 0 Å². The van der Waals surface area contributed by atoms with Crippen molar-refractivity contribution in [2.45, 2.75) is 39.2 Å². The Bertz CT molecular complexity index is 328. The van der Waals surface area contributed by atoms with Crippen LogP contribution in [0.1, 0.15) is 32.3 Å². The maximum Gasteiger partial charge on any atom is 0.123 e. The Balaban J connectivity index is 2.44. The normalized spacial score (nSPS) is 12.8. The largest absolute Gasteiger partial charge is 0.314 e. The van der Waals surface area contributed by atoms with Gasteiger partial charge in [-0.05, 0) is 56.5 Å². The van der Waals surface area contributed by atoms with Crippen molar-refractivity contribution in [3.8, 4) is 0 Å². The molecule has 1 rings (SSSR count). The van der Waals surface area contributed by atoms with E-state index in [1.165, 1.54) is 12.1 Å². The smallest absolute Gasteiger partial charge is 0.123 e. The number of hydrogen-bond donors (Lipinski definition) is 1.